The molecule has 1 amide bonds. The van der Waals surface area contributed by atoms with Crippen molar-refractivity contribution in [2.45, 2.75) is 50.1 Å². The van der Waals surface area contributed by atoms with Gasteiger partial charge in [-0.2, -0.15) is 31.4 Å². The van der Waals surface area contributed by atoms with Crippen molar-refractivity contribution in [2.75, 3.05) is 13.1 Å². The molecule has 2 aliphatic rings. The predicted octanol–water partition coefficient (Wildman–Crippen LogP) is 4.31. The van der Waals surface area contributed by atoms with Crippen molar-refractivity contribution in [3.05, 3.63) is 41.2 Å². The molecular formula is C19H17F7N4O2. The van der Waals surface area contributed by atoms with E-state index >= 15 is 0 Å². The van der Waals surface area contributed by atoms with E-state index in [1.165, 1.54) is 12.1 Å². The predicted molar refractivity (Wildman–Crippen MR) is 94.7 cm³/mol. The van der Waals surface area contributed by atoms with Crippen molar-refractivity contribution in [3.63, 3.8) is 0 Å². The summed E-state index contributed by atoms with van der Waals surface area (Å²) in [6.45, 7) is -0.199. The monoisotopic (exact) mass is 466 g/mol. The van der Waals surface area contributed by atoms with E-state index < -0.39 is 24.5 Å². The number of aryl methyl sites for hydroxylation is 2. The number of halogens is 7. The molecule has 0 radical (unpaired) electrons. The third-order valence-electron chi connectivity index (χ3n) is 5.51. The molecule has 13 heteroatoms. The summed E-state index contributed by atoms with van der Waals surface area (Å²) in [5.41, 5.74) is 1.49. The highest BCUT2D eigenvalue weighted by molar-refractivity contribution is 5.68. The highest BCUT2D eigenvalue weighted by atomic mass is 19.4. The van der Waals surface area contributed by atoms with Crippen LogP contribution in [0.2, 0.25) is 0 Å². The SMILES string of the molecule is O=C(OC(C(F)(F)F)C(F)(F)F)N1CCC(c2nc3n(n2)-c2ccc(F)cc2CC3)CC1. The van der Waals surface area contributed by atoms with Crippen molar-refractivity contribution in [1.82, 2.24) is 19.7 Å². The molecule has 2 aliphatic heterocycles. The topological polar surface area (TPSA) is 60.2 Å². The normalized spacial score (nSPS) is 17.3. The molecule has 1 aromatic carbocycles. The van der Waals surface area contributed by atoms with Crippen LogP contribution < -0.4 is 0 Å². The first-order valence-corrected chi connectivity index (χ1v) is 9.77. The summed E-state index contributed by atoms with van der Waals surface area (Å²) in [7, 11) is 0. The van der Waals surface area contributed by atoms with Crippen LogP contribution in [0.5, 0.6) is 0 Å². The van der Waals surface area contributed by atoms with E-state index in [4.69, 9.17) is 0 Å². The second-order valence-electron chi connectivity index (χ2n) is 7.68. The van der Waals surface area contributed by atoms with Gasteiger partial charge in [-0.1, -0.05) is 0 Å². The molecule has 174 valence electrons. The lowest BCUT2D eigenvalue weighted by Gasteiger charge is -2.32. The molecule has 0 bridgehead atoms. The summed E-state index contributed by atoms with van der Waals surface area (Å²) >= 11 is 0. The first kappa shape index (κ1) is 22.3. The van der Waals surface area contributed by atoms with Crippen LogP contribution in [0.4, 0.5) is 35.5 Å². The maximum Gasteiger partial charge on any atom is 0.434 e. The fourth-order valence-electron chi connectivity index (χ4n) is 3.91. The Morgan fingerprint density at radius 2 is 1.72 bits per heavy atom. The van der Waals surface area contributed by atoms with E-state index in [1.807, 2.05) is 0 Å². The fraction of sp³-hybridized carbons (Fsp3) is 0.526. The minimum Gasteiger partial charge on any atom is -0.426 e. The summed E-state index contributed by atoms with van der Waals surface area (Å²) in [4.78, 5) is 17.2. The van der Waals surface area contributed by atoms with Crippen LogP contribution in [0.1, 0.15) is 36.0 Å². The number of rotatable bonds is 2. The Balaban J connectivity index is 1.42. The van der Waals surface area contributed by atoms with E-state index in [-0.39, 0.29) is 37.7 Å². The lowest BCUT2D eigenvalue weighted by Crippen LogP contribution is -2.49. The van der Waals surface area contributed by atoms with Crippen LogP contribution in [0.15, 0.2) is 18.2 Å². The standard InChI is InChI=1S/C19H17F7N4O2/c20-12-2-3-13-11(9-12)1-4-14-27-15(28-30(13)14)10-5-7-29(8-6-10)17(31)32-16(18(21,22)23)19(24,25)26/h2-3,9-10,16H,1,4-8H2. The van der Waals surface area contributed by atoms with E-state index in [9.17, 15) is 35.5 Å². The number of aromatic nitrogens is 3. The van der Waals surface area contributed by atoms with Crippen LogP contribution in [-0.2, 0) is 17.6 Å². The molecule has 0 N–H and O–H groups in total. The highest BCUT2D eigenvalue weighted by Gasteiger charge is 2.60. The Morgan fingerprint density at radius 3 is 2.34 bits per heavy atom. The number of amides is 1. The highest BCUT2D eigenvalue weighted by Crippen LogP contribution is 2.37. The molecule has 0 spiro atoms. The Hall–Kier alpha value is -2.86. The number of hydrogen-bond donors (Lipinski definition) is 0. The molecule has 1 saturated heterocycles. The van der Waals surface area contributed by atoms with Gasteiger partial charge in [0.05, 0.1) is 5.69 Å². The number of carbonyl (C=O) groups is 1. The van der Waals surface area contributed by atoms with E-state index in [0.717, 1.165) is 10.5 Å². The van der Waals surface area contributed by atoms with Crippen molar-refractivity contribution < 1.29 is 40.3 Å². The minimum atomic E-state index is -5.76. The largest absolute Gasteiger partial charge is 0.434 e. The Bertz CT molecular complexity index is 996. The second kappa shape index (κ2) is 7.93. The quantitative estimate of drug-likeness (QED) is 0.619. The van der Waals surface area contributed by atoms with Gasteiger partial charge in [0, 0.05) is 25.4 Å². The number of likely N-dealkylation sites (tertiary alicyclic amines) is 1. The second-order valence-corrected chi connectivity index (χ2v) is 7.68. The lowest BCUT2D eigenvalue weighted by molar-refractivity contribution is -0.308. The molecule has 6 nitrogen and oxygen atoms in total. The molecule has 0 saturated carbocycles. The summed E-state index contributed by atoms with van der Waals surface area (Å²) in [6.07, 6.45) is -15.7. The van der Waals surface area contributed by atoms with Crippen LogP contribution in [0.25, 0.3) is 5.69 Å². The third-order valence-corrected chi connectivity index (χ3v) is 5.51. The molecule has 0 atom stereocenters. The van der Waals surface area contributed by atoms with Crippen LogP contribution in [-0.4, -0.2) is 57.3 Å². The van der Waals surface area contributed by atoms with E-state index in [0.29, 0.717) is 30.2 Å². The van der Waals surface area contributed by atoms with Gasteiger partial charge in [0.25, 0.3) is 6.10 Å². The van der Waals surface area contributed by atoms with Gasteiger partial charge < -0.3 is 9.64 Å². The number of carbonyl (C=O) groups excluding carboxylic acids is 1. The number of hydrogen-bond acceptors (Lipinski definition) is 4. The summed E-state index contributed by atoms with van der Waals surface area (Å²) in [5, 5.41) is 4.48. The zero-order valence-corrected chi connectivity index (χ0v) is 16.4. The molecule has 4 rings (SSSR count). The number of benzene rings is 1. The number of nitrogens with zero attached hydrogens (tertiary/aromatic N) is 4. The van der Waals surface area contributed by atoms with Gasteiger partial charge in [-0.05, 0) is 43.0 Å². The van der Waals surface area contributed by atoms with Crippen molar-refractivity contribution in [2.24, 2.45) is 0 Å². The Morgan fingerprint density at radius 1 is 1.06 bits per heavy atom. The molecule has 1 aromatic heterocycles. The van der Waals surface area contributed by atoms with Crippen molar-refractivity contribution in [3.8, 4) is 5.69 Å². The fourth-order valence-corrected chi connectivity index (χ4v) is 3.91. The number of alkyl halides is 6. The smallest absolute Gasteiger partial charge is 0.426 e. The summed E-state index contributed by atoms with van der Waals surface area (Å²) in [6, 6.07) is 4.34. The van der Waals surface area contributed by atoms with Gasteiger partial charge in [-0.15, -0.1) is 0 Å². The van der Waals surface area contributed by atoms with Crippen LogP contribution in [0, 0.1) is 5.82 Å². The average Bonchev–Trinajstić information content (AvgIpc) is 3.14. The molecule has 3 heterocycles. The van der Waals surface area contributed by atoms with Gasteiger partial charge in [0.15, 0.2) is 5.82 Å². The number of ether oxygens (including phenoxy) is 1. The molecule has 0 unspecified atom stereocenters. The van der Waals surface area contributed by atoms with Crippen molar-refractivity contribution in [1.29, 1.82) is 0 Å². The maximum absolute atomic E-state index is 13.5. The van der Waals surface area contributed by atoms with E-state index in [1.54, 1.807) is 10.7 Å². The third kappa shape index (κ3) is 4.37. The van der Waals surface area contributed by atoms with Gasteiger partial charge >= 0.3 is 18.4 Å². The molecule has 2 aromatic rings. The molecular weight excluding hydrogens is 449 g/mol. The van der Waals surface area contributed by atoms with Crippen LogP contribution >= 0.6 is 0 Å². The first-order chi connectivity index (χ1) is 14.9. The number of piperidine rings is 1. The van der Waals surface area contributed by atoms with Gasteiger partial charge in [0.1, 0.15) is 11.6 Å². The summed E-state index contributed by atoms with van der Waals surface area (Å²) < 4.78 is 94.5. The average molecular weight is 466 g/mol. The van der Waals surface area contributed by atoms with Crippen molar-refractivity contribution >= 4 is 6.09 Å². The summed E-state index contributed by atoms with van der Waals surface area (Å²) in [5.74, 6) is 0.556. The first-order valence-electron chi connectivity index (χ1n) is 9.77. The van der Waals surface area contributed by atoms with E-state index in [2.05, 4.69) is 14.8 Å². The van der Waals surface area contributed by atoms with Crippen LogP contribution in [0.3, 0.4) is 0 Å². The molecule has 0 aliphatic carbocycles. The minimum absolute atomic E-state index is 0.0996. The Kier molecular flexibility index (Phi) is 5.53. The van der Waals surface area contributed by atoms with Gasteiger partial charge in [-0.3, -0.25) is 0 Å². The van der Waals surface area contributed by atoms with Gasteiger partial charge in [0.2, 0.25) is 0 Å². The lowest BCUT2D eigenvalue weighted by atomic mass is 9.96. The number of fused-ring (bicyclic) bond motifs is 3. The zero-order valence-electron chi connectivity index (χ0n) is 16.4. The van der Waals surface area contributed by atoms with Gasteiger partial charge in [-0.25, -0.2) is 18.9 Å². The molecule has 32 heavy (non-hydrogen) atoms. The zero-order chi connectivity index (χ0) is 23.3. The Labute approximate surface area is 177 Å². The molecule has 1 fully saturated rings. The maximum atomic E-state index is 13.5.